The van der Waals surface area contributed by atoms with E-state index in [-0.39, 0.29) is 5.97 Å². The van der Waals surface area contributed by atoms with E-state index in [2.05, 4.69) is 62.1 Å². The summed E-state index contributed by atoms with van der Waals surface area (Å²) in [5.41, 5.74) is 3.07. The first-order valence-electron chi connectivity index (χ1n) is 11.2. The number of carbonyl (C=O) groups is 1. The van der Waals surface area contributed by atoms with Crippen LogP contribution in [0.1, 0.15) is 42.6 Å². The van der Waals surface area contributed by atoms with E-state index < -0.39 is 0 Å². The van der Waals surface area contributed by atoms with E-state index in [4.69, 9.17) is 4.74 Å². The van der Waals surface area contributed by atoms with Crippen molar-refractivity contribution in [1.29, 1.82) is 0 Å². The molecular weight excluding hydrogens is 390 g/mol. The summed E-state index contributed by atoms with van der Waals surface area (Å²) in [5.74, 6) is 0.960. The number of ether oxygens (including phenoxy) is 1. The minimum atomic E-state index is -0.374. The normalized spacial score (nSPS) is 14.8. The van der Waals surface area contributed by atoms with Crippen LogP contribution in [0, 0.1) is 5.92 Å². The molecule has 0 amide bonds. The molecule has 7 heteroatoms. The fourth-order valence-corrected chi connectivity index (χ4v) is 4.28. The number of aromatic nitrogens is 3. The first-order valence-corrected chi connectivity index (χ1v) is 11.2. The summed E-state index contributed by atoms with van der Waals surface area (Å²) in [7, 11) is 0. The van der Waals surface area contributed by atoms with Gasteiger partial charge in [0.1, 0.15) is 0 Å². The van der Waals surface area contributed by atoms with E-state index in [1.165, 1.54) is 16.5 Å². The van der Waals surface area contributed by atoms with Crippen LogP contribution in [-0.2, 0) is 17.8 Å². The monoisotopic (exact) mass is 421 g/mol. The van der Waals surface area contributed by atoms with Crippen molar-refractivity contribution in [3.63, 3.8) is 0 Å². The van der Waals surface area contributed by atoms with Gasteiger partial charge in [0.2, 0.25) is 5.95 Å². The number of hydrogen-bond acceptors (Lipinski definition) is 6. The number of hydrogen-bond donors (Lipinski definition) is 1. The van der Waals surface area contributed by atoms with Crippen molar-refractivity contribution in [3.05, 3.63) is 54.0 Å². The number of fused-ring (bicyclic) bond motifs is 1. The molecule has 1 N–H and O–H groups in total. The Bertz CT molecular complexity index is 1010. The van der Waals surface area contributed by atoms with E-state index in [9.17, 15) is 4.79 Å². The molecule has 0 spiro atoms. The van der Waals surface area contributed by atoms with Gasteiger partial charge in [-0.3, -0.25) is 0 Å². The van der Waals surface area contributed by atoms with Gasteiger partial charge in [-0.2, -0.15) is 0 Å². The number of piperidine rings is 1. The van der Waals surface area contributed by atoms with Crippen LogP contribution in [0.4, 0.5) is 5.95 Å². The van der Waals surface area contributed by atoms with Gasteiger partial charge in [0.15, 0.2) is 0 Å². The van der Waals surface area contributed by atoms with Gasteiger partial charge in [-0.05, 0) is 50.8 Å². The number of aryl methyl sites for hydroxylation is 1. The fourth-order valence-electron chi connectivity index (χ4n) is 4.28. The van der Waals surface area contributed by atoms with Crippen molar-refractivity contribution in [2.45, 2.75) is 39.8 Å². The molecule has 0 unspecified atom stereocenters. The standard InChI is InChI=1S/C24H31N5O2/c1-3-28-17-20(21-7-5-6-8-22(21)28)14-25-13-18-9-11-29(12-10-18)24-26-15-19(16-27-24)23(30)31-4-2/h5-8,15-18,25H,3-4,9-14H2,1-2H3. The summed E-state index contributed by atoms with van der Waals surface area (Å²) in [5, 5.41) is 5.02. The first-order chi connectivity index (χ1) is 15.2. The topological polar surface area (TPSA) is 72.3 Å². The summed E-state index contributed by atoms with van der Waals surface area (Å²) >= 11 is 0. The minimum absolute atomic E-state index is 0.350. The van der Waals surface area contributed by atoms with Crippen LogP contribution in [0.3, 0.4) is 0 Å². The van der Waals surface area contributed by atoms with Gasteiger partial charge in [-0.15, -0.1) is 0 Å². The summed E-state index contributed by atoms with van der Waals surface area (Å²) < 4.78 is 7.30. The highest BCUT2D eigenvalue weighted by Gasteiger charge is 2.21. The second-order valence-corrected chi connectivity index (χ2v) is 8.01. The molecule has 0 bridgehead atoms. The molecule has 3 heterocycles. The zero-order chi connectivity index (χ0) is 21.6. The predicted molar refractivity (Wildman–Crippen MR) is 122 cm³/mol. The molecule has 31 heavy (non-hydrogen) atoms. The van der Waals surface area contributed by atoms with Gasteiger partial charge in [-0.25, -0.2) is 14.8 Å². The number of benzene rings is 1. The Kier molecular flexibility index (Phi) is 6.82. The molecule has 1 fully saturated rings. The molecule has 164 valence electrons. The van der Waals surface area contributed by atoms with Gasteiger partial charge in [0.05, 0.1) is 12.2 Å². The maximum Gasteiger partial charge on any atom is 0.341 e. The molecule has 1 aliphatic rings. The lowest BCUT2D eigenvalue weighted by atomic mass is 9.97. The van der Waals surface area contributed by atoms with Crippen LogP contribution in [0.5, 0.6) is 0 Å². The third kappa shape index (κ3) is 4.88. The Morgan fingerprint density at radius 2 is 1.90 bits per heavy atom. The van der Waals surface area contributed by atoms with Crippen molar-refractivity contribution in [2.24, 2.45) is 5.92 Å². The molecule has 1 aromatic carbocycles. The van der Waals surface area contributed by atoms with Crippen molar-refractivity contribution >= 4 is 22.8 Å². The SMILES string of the molecule is CCOC(=O)c1cnc(N2CCC(CNCc3cn(CC)c4ccccc34)CC2)nc1. The van der Waals surface area contributed by atoms with Gasteiger partial charge in [-0.1, -0.05) is 18.2 Å². The van der Waals surface area contributed by atoms with Crippen LogP contribution in [0.2, 0.25) is 0 Å². The van der Waals surface area contributed by atoms with E-state index in [1.807, 2.05) is 0 Å². The largest absolute Gasteiger partial charge is 0.462 e. The van der Waals surface area contributed by atoms with E-state index in [0.717, 1.165) is 45.6 Å². The molecule has 0 saturated carbocycles. The average molecular weight is 422 g/mol. The second-order valence-electron chi connectivity index (χ2n) is 8.01. The van der Waals surface area contributed by atoms with Crippen LogP contribution in [0.25, 0.3) is 10.9 Å². The molecule has 3 aromatic rings. The number of esters is 1. The summed E-state index contributed by atoms with van der Waals surface area (Å²) in [6, 6.07) is 8.63. The third-order valence-corrected chi connectivity index (χ3v) is 6.01. The maximum atomic E-state index is 11.7. The number of anilines is 1. The number of carbonyl (C=O) groups excluding carboxylic acids is 1. The summed E-state index contributed by atoms with van der Waals surface area (Å²) in [6.45, 7) is 9.08. The Morgan fingerprint density at radius 1 is 1.16 bits per heavy atom. The van der Waals surface area contributed by atoms with Crippen LogP contribution < -0.4 is 10.2 Å². The number of nitrogens with zero attached hydrogens (tertiary/aromatic N) is 4. The van der Waals surface area contributed by atoms with Crippen LogP contribution >= 0.6 is 0 Å². The Balaban J connectivity index is 1.26. The van der Waals surface area contributed by atoms with Crippen molar-refractivity contribution in [1.82, 2.24) is 19.9 Å². The number of nitrogens with one attached hydrogen (secondary N) is 1. The van der Waals surface area contributed by atoms with E-state index >= 15 is 0 Å². The van der Waals surface area contributed by atoms with Crippen molar-refractivity contribution in [3.8, 4) is 0 Å². The number of para-hydroxylation sites is 1. The molecular formula is C24H31N5O2. The van der Waals surface area contributed by atoms with Gasteiger partial charge in [0, 0.05) is 55.7 Å². The zero-order valence-corrected chi connectivity index (χ0v) is 18.4. The second kappa shape index (κ2) is 9.92. The molecule has 1 saturated heterocycles. The van der Waals surface area contributed by atoms with Gasteiger partial charge < -0.3 is 19.5 Å². The third-order valence-electron chi connectivity index (χ3n) is 6.01. The lowest BCUT2D eigenvalue weighted by Gasteiger charge is -2.32. The minimum Gasteiger partial charge on any atom is -0.462 e. The predicted octanol–water partition coefficient (Wildman–Crippen LogP) is 3.63. The Hall–Kier alpha value is -2.93. The fraction of sp³-hybridized carbons (Fsp3) is 0.458. The first kappa shape index (κ1) is 21.3. The van der Waals surface area contributed by atoms with Gasteiger partial charge >= 0.3 is 5.97 Å². The van der Waals surface area contributed by atoms with E-state index in [0.29, 0.717) is 24.0 Å². The maximum absolute atomic E-state index is 11.7. The smallest absolute Gasteiger partial charge is 0.341 e. The highest BCUT2D eigenvalue weighted by molar-refractivity contribution is 5.88. The summed E-state index contributed by atoms with van der Waals surface area (Å²) in [4.78, 5) is 22.7. The van der Waals surface area contributed by atoms with Gasteiger partial charge in [0.25, 0.3) is 0 Å². The van der Waals surface area contributed by atoms with Crippen molar-refractivity contribution in [2.75, 3.05) is 31.1 Å². The molecule has 4 rings (SSSR count). The Morgan fingerprint density at radius 3 is 2.61 bits per heavy atom. The molecule has 0 aliphatic carbocycles. The molecule has 7 nitrogen and oxygen atoms in total. The zero-order valence-electron chi connectivity index (χ0n) is 18.4. The lowest BCUT2D eigenvalue weighted by molar-refractivity contribution is 0.0525. The quantitative estimate of drug-likeness (QED) is 0.560. The van der Waals surface area contributed by atoms with Crippen LogP contribution in [0.15, 0.2) is 42.9 Å². The van der Waals surface area contributed by atoms with E-state index in [1.54, 1.807) is 19.3 Å². The highest BCUT2D eigenvalue weighted by Crippen LogP contribution is 2.23. The average Bonchev–Trinajstić information content (AvgIpc) is 3.18. The molecule has 0 atom stereocenters. The Labute approximate surface area is 183 Å². The van der Waals surface area contributed by atoms with Crippen LogP contribution in [-0.4, -0.2) is 46.7 Å². The molecule has 0 radical (unpaired) electrons. The van der Waals surface area contributed by atoms with Crippen molar-refractivity contribution < 1.29 is 9.53 Å². The highest BCUT2D eigenvalue weighted by atomic mass is 16.5. The molecule has 2 aromatic heterocycles. The number of rotatable bonds is 8. The summed E-state index contributed by atoms with van der Waals surface area (Å²) in [6.07, 6.45) is 7.60. The molecule has 1 aliphatic heterocycles. The lowest BCUT2D eigenvalue weighted by Crippen LogP contribution is -2.38.